The molecule has 1 saturated heterocycles. The second-order valence-electron chi connectivity index (χ2n) is 7.21. The predicted molar refractivity (Wildman–Crippen MR) is 98.1 cm³/mol. The number of amides is 1. The van der Waals surface area contributed by atoms with Crippen molar-refractivity contribution < 1.29 is 18.7 Å². The third-order valence-electron chi connectivity index (χ3n) is 4.69. The Morgan fingerprint density at radius 3 is 2.52 bits per heavy atom. The zero-order chi connectivity index (χ0) is 19.6. The van der Waals surface area contributed by atoms with Crippen LogP contribution < -0.4 is 0 Å². The summed E-state index contributed by atoms with van der Waals surface area (Å²) in [5, 5.41) is 7.63. The minimum Gasteiger partial charge on any atom is -0.452 e. The van der Waals surface area contributed by atoms with Gasteiger partial charge in [0.2, 0.25) is 5.89 Å². The smallest absolute Gasteiger partial charge is 0.311 e. The maximum absolute atomic E-state index is 12.9. The first-order chi connectivity index (χ1) is 12.8. The van der Waals surface area contributed by atoms with Crippen LogP contribution >= 0.6 is 0 Å². The number of rotatable bonds is 4. The molecule has 2 heterocycles. The largest absolute Gasteiger partial charge is 0.452 e. The number of likely N-dealkylation sites (tertiary alicyclic amines) is 1. The maximum Gasteiger partial charge on any atom is 0.311 e. The van der Waals surface area contributed by atoms with E-state index >= 15 is 0 Å². The van der Waals surface area contributed by atoms with Crippen LogP contribution in [0.1, 0.15) is 59.1 Å². The van der Waals surface area contributed by atoms with Crippen LogP contribution in [-0.2, 0) is 9.53 Å². The van der Waals surface area contributed by atoms with E-state index in [4.69, 9.17) is 9.15 Å². The lowest BCUT2D eigenvalue weighted by Crippen LogP contribution is -2.43. The number of nitrogens with zero attached hydrogens (tertiary/aromatic N) is 3. The number of carbonyl (C=O) groups excluding carboxylic acids is 2. The molecule has 1 amide bonds. The highest BCUT2D eigenvalue weighted by Gasteiger charge is 2.31. The number of hydrogen-bond acceptors (Lipinski definition) is 6. The molecule has 1 aliphatic rings. The van der Waals surface area contributed by atoms with Gasteiger partial charge >= 0.3 is 5.97 Å². The molecule has 1 fully saturated rings. The van der Waals surface area contributed by atoms with E-state index in [0.717, 1.165) is 17.5 Å². The molecule has 0 spiro atoms. The lowest BCUT2D eigenvalue weighted by atomic mass is 9.97. The maximum atomic E-state index is 12.9. The van der Waals surface area contributed by atoms with E-state index in [1.54, 1.807) is 18.7 Å². The molecule has 0 radical (unpaired) electrons. The normalized spacial score (nSPS) is 18.2. The van der Waals surface area contributed by atoms with E-state index in [9.17, 15) is 9.59 Å². The fourth-order valence-electron chi connectivity index (χ4n) is 3.43. The molecule has 0 bridgehead atoms. The Morgan fingerprint density at radius 1 is 1.19 bits per heavy atom. The Labute approximate surface area is 158 Å². The standard InChI is InChI=1S/C20H25N3O4/c1-12-8-13(2)10-17(9-12)19(24)23-7-5-6-16(11-23)20(25)26-14(3)18-22-21-15(4)27-18/h8-10,14,16H,5-7,11H2,1-4H3. The molecular formula is C20H25N3O4. The van der Waals surface area contributed by atoms with Crippen molar-refractivity contribution in [1.82, 2.24) is 15.1 Å². The van der Waals surface area contributed by atoms with Crippen LogP contribution in [-0.4, -0.2) is 40.1 Å². The zero-order valence-electron chi connectivity index (χ0n) is 16.2. The van der Waals surface area contributed by atoms with Crippen LogP contribution in [0.15, 0.2) is 22.6 Å². The van der Waals surface area contributed by atoms with Gasteiger partial charge in [0.1, 0.15) is 0 Å². The number of esters is 1. The van der Waals surface area contributed by atoms with Crippen molar-refractivity contribution in [3.05, 3.63) is 46.7 Å². The number of benzene rings is 1. The number of aromatic nitrogens is 2. The number of carbonyl (C=O) groups is 2. The average Bonchev–Trinajstić information content (AvgIpc) is 3.07. The molecule has 0 N–H and O–H groups in total. The van der Waals surface area contributed by atoms with E-state index in [1.165, 1.54) is 0 Å². The van der Waals surface area contributed by atoms with Gasteiger partial charge in [0.15, 0.2) is 6.10 Å². The Morgan fingerprint density at radius 2 is 1.89 bits per heavy atom. The first-order valence-corrected chi connectivity index (χ1v) is 9.21. The van der Waals surface area contributed by atoms with Gasteiger partial charge in [-0.3, -0.25) is 9.59 Å². The highest BCUT2D eigenvalue weighted by molar-refractivity contribution is 5.95. The summed E-state index contributed by atoms with van der Waals surface area (Å²) in [4.78, 5) is 27.2. The molecule has 2 unspecified atom stereocenters. The minimum absolute atomic E-state index is 0.0418. The first-order valence-electron chi connectivity index (χ1n) is 9.21. The van der Waals surface area contributed by atoms with Crippen molar-refractivity contribution in [2.45, 2.75) is 46.6 Å². The molecule has 27 heavy (non-hydrogen) atoms. The number of piperidine rings is 1. The lowest BCUT2D eigenvalue weighted by molar-refractivity contribution is -0.156. The van der Waals surface area contributed by atoms with Gasteiger partial charge in [0.05, 0.1) is 5.92 Å². The van der Waals surface area contributed by atoms with E-state index in [1.807, 2.05) is 32.0 Å². The van der Waals surface area contributed by atoms with Crippen LogP contribution in [0.5, 0.6) is 0 Å². The average molecular weight is 371 g/mol. The molecular weight excluding hydrogens is 346 g/mol. The minimum atomic E-state index is -0.607. The van der Waals surface area contributed by atoms with Crippen molar-refractivity contribution in [1.29, 1.82) is 0 Å². The number of hydrogen-bond donors (Lipinski definition) is 0. The van der Waals surface area contributed by atoms with Gasteiger partial charge in [-0.15, -0.1) is 10.2 Å². The van der Waals surface area contributed by atoms with Crippen LogP contribution in [0.4, 0.5) is 0 Å². The number of ether oxygens (including phenoxy) is 1. The van der Waals surface area contributed by atoms with Crippen molar-refractivity contribution in [3.63, 3.8) is 0 Å². The molecule has 2 atom stereocenters. The molecule has 1 aliphatic heterocycles. The number of aryl methyl sites for hydroxylation is 3. The van der Waals surface area contributed by atoms with Crippen LogP contribution in [0.3, 0.4) is 0 Å². The third kappa shape index (κ3) is 4.53. The molecule has 0 aliphatic carbocycles. The Bertz CT molecular complexity index is 825. The molecule has 144 valence electrons. The Hall–Kier alpha value is -2.70. The first kappa shape index (κ1) is 19.1. The van der Waals surface area contributed by atoms with Gasteiger partial charge < -0.3 is 14.1 Å². The fraction of sp³-hybridized carbons (Fsp3) is 0.500. The van der Waals surface area contributed by atoms with E-state index < -0.39 is 6.10 Å². The van der Waals surface area contributed by atoms with Crippen LogP contribution in [0, 0.1) is 26.7 Å². The van der Waals surface area contributed by atoms with Gasteiger partial charge in [-0.25, -0.2) is 0 Å². The van der Waals surface area contributed by atoms with E-state index in [0.29, 0.717) is 31.0 Å². The fourth-order valence-corrected chi connectivity index (χ4v) is 3.43. The van der Waals surface area contributed by atoms with E-state index in [-0.39, 0.29) is 23.7 Å². The van der Waals surface area contributed by atoms with Gasteiger partial charge in [0.25, 0.3) is 11.8 Å². The van der Waals surface area contributed by atoms with Gasteiger partial charge in [-0.1, -0.05) is 17.2 Å². The van der Waals surface area contributed by atoms with Gasteiger partial charge in [0, 0.05) is 25.6 Å². The van der Waals surface area contributed by atoms with E-state index in [2.05, 4.69) is 10.2 Å². The van der Waals surface area contributed by atoms with Crippen molar-refractivity contribution in [3.8, 4) is 0 Å². The summed E-state index contributed by atoms with van der Waals surface area (Å²) in [6.07, 6.45) is 0.860. The van der Waals surface area contributed by atoms with Crippen molar-refractivity contribution in [2.75, 3.05) is 13.1 Å². The second kappa shape index (κ2) is 7.90. The molecule has 1 aromatic heterocycles. The predicted octanol–water partition coefficient (Wildman–Crippen LogP) is 3.15. The lowest BCUT2D eigenvalue weighted by Gasteiger charge is -2.32. The van der Waals surface area contributed by atoms with Crippen LogP contribution in [0.2, 0.25) is 0 Å². The quantitative estimate of drug-likeness (QED) is 0.768. The molecule has 7 nitrogen and oxygen atoms in total. The summed E-state index contributed by atoms with van der Waals surface area (Å²) in [7, 11) is 0. The highest BCUT2D eigenvalue weighted by atomic mass is 16.6. The van der Waals surface area contributed by atoms with Crippen molar-refractivity contribution >= 4 is 11.9 Å². The SMILES string of the molecule is Cc1cc(C)cc(C(=O)N2CCCC(C(=O)OC(C)c3nnc(C)o3)C2)c1. The summed E-state index contributed by atoms with van der Waals surface area (Å²) >= 11 is 0. The monoisotopic (exact) mass is 371 g/mol. The summed E-state index contributed by atoms with van der Waals surface area (Å²) in [6, 6.07) is 5.81. The second-order valence-corrected chi connectivity index (χ2v) is 7.21. The van der Waals surface area contributed by atoms with Crippen LogP contribution in [0.25, 0.3) is 0 Å². The summed E-state index contributed by atoms with van der Waals surface area (Å²) < 4.78 is 10.8. The summed E-state index contributed by atoms with van der Waals surface area (Å²) in [5.74, 6) is -0.0214. The molecule has 7 heteroatoms. The van der Waals surface area contributed by atoms with Gasteiger partial charge in [-0.2, -0.15) is 0 Å². The van der Waals surface area contributed by atoms with Gasteiger partial charge in [-0.05, 0) is 45.7 Å². The molecule has 2 aromatic rings. The summed E-state index contributed by atoms with van der Waals surface area (Å²) in [6.45, 7) is 8.34. The molecule has 0 saturated carbocycles. The van der Waals surface area contributed by atoms with Crippen molar-refractivity contribution in [2.24, 2.45) is 5.92 Å². The highest BCUT2D eigenvalue weighted by Crippen LogP contribution is 2.24. The molecule has 1 aromatic carbocycles. The topological polar surface area (TPSA) is 85.5 Å². The zero-order valence-corrected chi connectivity index (χ0v) is 16.2. The molecule has 3 rings (SSSR count). The Kier molecular flexibility index (Phi) is 5.58. The Balaban J connectivity index is 1.64. The third-order valence-corrected chi connectivity index (χ3v) is 4.69. The summed E-state index contributed by atoms with van der Waals surface area (Å²) in [5.41, 5.74) is 2.77.